The molecular weight excluding hydrogens is 338 g/mol. The van der Waals surface area contributed by atoms with Crippen molar-refractivity contribution >= 4 is 0 Å². The van der Waals surface area contributed by atoms with Crippen LogP contribution in [0.15, 0.2) is 18.2 Å². The fourth-order valence-electron chi connectivity index (χ4n) is 6.05. The summed E-state index contributed by atoms with van der Waals surface area (Å²) < 4.78 is 0. The second kappa shape index (κ2) is 11.0. The van der Waals surface area contributed by atoms with Crippen LogP contribution in [-0.4, -0.2) is 0 Å². The van der Waals surface area contributed by atoms with Crippen molar-refractivity contribution in [3.8, 4) is 6.07 Å². The van der Waals surface area contributed by atoms with Gasteiger partial charge in [-0.25, -0.2) is 0 Å². The van der Waals surface area contributed by atoms with Crippen LogP contribution in [-0.2, 0) is 12.8 Å². The van der Waals surface area contributed by atoms with Crippen LogP contribution in [0.5, 0.6) is 0 Å². The van der Waals surface area contributed by atoms with Crippen molar-refractivity contribution in [2.45, 2.75) is 104 Å². The fraction of sp³-hybridized carbons (Fsp3) is 0.741. The number of aryl methyl sites for hydroxylation is 2. The Morgan fingerprint density at radius 3 is 1.93 bits per heavy atom. The lowest BCUT2D eigenvalue weighted by Gasteiger charge is -2.38. The first kappa shape index (κ1) is 21.4. The van der Waals surface area contributed by atoms with Crippen LogP contribution in [0, 0.1) is 35.0 Å². The zero-order valence-electron chi connectivity index (χ0n) is 18.4. The average Bonchev–Trinajstić information content (AvgIpc) is 2.74. The Hall–Kier alpha value is -1.29. The van der Waals surface area contributed by atoms with Gasteiger partial charge in [-0.15, -0.1) is 0 Å². The van der Waals surface area contributed by atoms with Crippen LogP contribution < -0.4 is 0 Å². The highest BCUT2D eigenvalue weighted by Gasteiger charge is 2.30. The molecule has 0 spiro atoms. The molecule has 0 aromatic heterocycles. The van der Waals surface area contributed by atoms with E-state index in [0.717, 1.165) is 48.5 Å². The molecule has 0 aliphatic heterocycles. The summed E-state index contributed by atoms with van der Waals surface area (Å²) >= 11 is 0. The van der Waals surface area contributed by atoms with Crippen molar-refractivity contribution in [3.05, 3.63) is 34.9 Å². The van der Waals surface area contributed by atoms with Gasteiger partial charge in [0.15, 0.2) is 0 Å². The van der Waals surface area contributed by atoms with E-state index in [1.54, 1.807) is 0 Å². The number of nitriles is 1. The Morgan fingerprint density at radius 1 is 0.786 bits per heavy atom. The van der Waals surface area contributed by atoms with E-state index in [4.69, 9.17) is 0 Å². The van der Waals surface area contributed by atoms with Gasteiger partial charge in [0.25, 0.3) is 0 Å². The molecule has 1 aromatic carbocycles. The van der Waals surface area contributed by atoms with E-state index in [0.29, 0.717) is 0 Å². The minimum Gasteiger partial charge on any atom is -0.192 e. The van der Waals surface area contributed by atoms with Gasteiger partial charge in [-0.3, -0.25) is 0 Å². The smallest absolute Gasteiger partial charge is 0.0994 e. The summed E-state index contributed by atoms with van der Waals surface area (Å²) in [5.41, 5.74) is 3.51. The summed E-state index contributed by atoms with van der Waals surface area (Å²) in [5, 5.41) is 9.53. The minimum absolute atomic E-state index is 0.884. The van der Waals surface area contributed by atoms with Crippen LogP contribution >= 0.6 is 0 Å². The van der Waals surface area contributed by atoms with Crippen molar-refractivity contribution in [1.29, 1.82) is 5.26 Å². The highest BCUT2D eigenvalue weighted by Crippen LogP contribution is 2.43. The van der Waals surface area contributed by atoms with E-state index in [1.165, 1.54) is 81.8 Å². The number of hydrogen-bond acceptors (Lipinski definition) is 1. The molecule has 0 N–H and O–H groups in total. The molecule has 2 aliphatic carbocycles. The standard InChI is InChI=1S/C27H41N/c1-3-5-21-7-13-24(14-8-21)25-15-9-22(10-16-25)11-17-26-18-12-23(6-4-2)19-27(26)20-28/h12,18-19,21-22,24-25H,3-11,13-17H2,1-2H3. The van der Waals surface area contributed by atoms with Gasteiger partial charge in [-0.1, -0.05) is 70.9 Å². The highest BCUT2D eigenvalue weighted by molar-refractivity contribution is 5.40. The second-order valence-corrected chi connectivity index (χ2v) is 9.74. The van der Waals surface area contributed by atoms with Gasteiger partial charge in [-0.2, -0.15) is 5.26 Å². The van der Waals surface area contributed by atoms with Gasteiger partial charge in [0, 0.05) is 0 Å². The monoisotopic (exact) mass is 379 g/mol. The molecule has 2 aliphatic rings. The summed E-state index contributed by atoms with van der Waals surface area (Å²) in [6, 6.07) is 9.04. The van der Waals surface area contributed by atoms with Gasteiger partial charge in [-0.05, 0) is 85.8 Å². The van der Waals surface area contributed by atoms with Gasteiger partial charge in [0.05, 0.1) is 11.6 Å². The number of hydrogen-bond donors (Lipinski definition) is 0. The maximum atomic E-state index is 9.53. The van der Waals surface area contributed by atoms with E-state index < -0.39 is 0 Å². The first-order valence-corrected chi connectivity index (χ1v) is 12.2. The Balaban J connectivity index is 1.42. The lowest BCUT2D eigenvalue weighted by atomic mass is 9.68. The molecule has 0 saturated heterocycles. The van der Waals surface area contributed by atoms with Crippen molar-refractivity contribution in [2.24, 2.45) is 23.7 Å². The van der Waals surface area contributed by atoms with Gasteiger partial charge < -0.3 is 0 Å². The summed E-state index contributed by atoms with van der Waals surface area (Å²) in [5.74, 6) is 3.97. The lowest BCUT2D eigenvalue weighted by Crippen LogP contribution is -2.26. The van der Waals surface area contributed by atoms with Gasteiger partial charge in [0.2, 0.25) is 0 Å². The molecule has 154 valence electrons. The van der Waals surface area contributed by atoms with Crippen LogP contribution in [0.3, 0.4) is 0 Å². The first-order chi connectivity index (χ1) is 13.7. The minimum atomic E-state index is 0.884. The predicted octanol–water partition coefficient (Wildman–Crippen LogP) is 7.86. The molecule has 1 heteroatoms. The van der Waals surface area contributed by atoms with Crippen molar-refractivity contribution < 1.29 is 0 Å². The third-order valence-corrected chi connectivity index (χ3v) is 7.80. The van der Waals surface area contributed by atoms with Crippen LogP contribution in [0.2, 0.25) is 0 Å². The summed E-state index contributed by atoms with van der Waals surface area (Å²) in [6.07, 6.45) is 19.2. The Labute approximate surface area is 173 Å². The zero-order valence-corrected chi connectivity index (χ0v) is 18.4. The molecule has 0 amide bonds. The molecule has 1 aromatic rings. The van der Waals surface area contributed by atoms with E-state index in [1.807, 2.05) is 0 Å². The molecule has 2 fully saturated rings. The zero-order chi connectivity index (χ0) is 19.8. The topological polar surface area (TPSA) is 23.8 Å². The predicted molar refractivity (Wildman–Crippen MR) is 119 cm³/mol. The molecule has 28 heavy (non-hydrogen) atoms. The quantitative estimate of drug-likeness (QED) is 0.451. The fourth-order valence-corrected chi connectivity index (χ4v) is 6.05. The van der Waals surface area contributed by atoms with Crippen molar-refractivity contribution in [3.63, 3.8) is 0 Å². The summed E-state index contributed by atoms with van der Waals surface area (Å²) in [7, 11) is 0. The maximum absolute atomic E-state index is 9.53. The van der Waals surface area contributed by atoms with Crippen LogP contribution in [0.1, 0.15) is 108 Å². The second-order valence-electron chi connectivity index (χ2n) is 9.74. The van der Waals surface area contributed by atoms with Crippen LogP contribution in [0.25, 0.3) is 0 Å². The SMILES string of the molecule is CCCc1ccc(CCC2CCC(C3CCC(CCC)CC3)CC2)c(C#N)c1. The summed E-state index contributed by atoms with van der Waals surface area (Å²) in [4.78, 5) is 0. The largest absolute Gasteiger partial charge is 0.192 e. The Kier molecular flexibility index (Phi) is 8.44. The highest BCUT2D eigenvalue weighted by atomic mass is 14.4. The number of benzene rings is 1. The van der Waals surface area contributed by atoms with Crippen molar-refractivity contribution in [1.82, 2.24) is 0 Å². The van der Waals surface area contributed by atoms with Gasteiger partial charge in [0.1, 0.15) is 0 Å². The Bertz CT molecular complexity index is 624. The van der Waals surface area contributed by atoms with E-state index in [9.17, 15) is 5.26 Å². The van der Waals surface area contributed by atoms with E-state index in [-0.39, 0.29) is 0 Å². The third-order valence-electron chi connectivity index (χ3n) is 7.80. The number of nitrogens with zero attached hydrogens (tertiary/aromatic N) is 1. The van der Waals surface area contributed by atoms with Crippen LogP contribution in [0.4, 0.5) is 0 Å². The van der Waals surface area contributed by atoms with E-state index in [2.05, 4.69) is 38.1 Å². The molecule has 3 rings (SSSR count). The lowest BCUT2D eigenvalue weighted by molar-refractivity contribution is 0.141. The molecular formula is C27H41N. The normalized spacial score (nSPS) is 28.0. The average molecular weight is 380 g/mol. The number of rotatable bonds is 8. The molecule has 2 saturated carbocycles. The molecule has 0 bridgehead atoms. The molecule has 0 heterocycles. The first-order valence-electron chi connectivity index (χ1n) is 12.2. The molecule has 0 atom stereocenters. The van der Waals surface area contributed by atoms with Gasteiger partial charge >= 0.3 is 0 Å². The van der Waals surface area contributed by atoms with E-state index >= 15 is 0 Å². The third kappa shape index (κ3) is 5.85. The molecule has 1 nitrogen and oxygen atoms in total. The molecule has 0 unspecified atom stereocenters. The summed E-state index contributed by atoms with van der Waals surface area (Å²) in [6.45, 7) is 4.54. The molecule has 0 radical (unpaired) electrons. The Morgan fingerprint density at radius 2 is 1.39 bits per heavy atom. The maximum Gasteiger partial charge on any atom is 0.0994 e. The van der Waals surface area contributed by atoms with Crippen molar-refractivity contribution in [2.75, 3.05) is 0 Å².